The zero-order valence-corrected chi connectivity index (χ0v) is 21.8. The molecule has 3 aliphatic rings. The summed E-state index contributed by atoms with van der Waals surface area (Å²) in [6.45, 7) is 0.463. The number of benzene rings is 3. The van der Waals surface area contributed by atoms with E-state index in [1.165, 1.54) is 0 Å². The molecule has 1 aromatic heterocycles. The van der Waals surface area contributed by atoms with Crippen molar-refractivity contribution in [2.24, 2.45) is 11.8 Å². The van der Waals surface area contributed by atoms with Crippen molar-refractivity contribution in [3.05, 3.63) is 71.4 Å². The second-order valence-corrected chi connectivity index (χ2v) is 9.99. The van der Waals surface area contributed by atoms with Crippen molar-refractivity contribution in [1.29, 1.82) is 0 Å². The van der Waals surface area contributed by atoms with Crippen molar-refractivity contribution >= 4 is 22.6 Å². The Morgan fingerprint density at radius 1 is 0.872 bits per heavy atom. The number of ether oxygens (including phenoxy) is 6. The minimum absolute atomic E-state index is 0.131. The third-order valence-electron chi connectivity index (χ3n) is 8.11. The third kappa shape index (κ3) is 3.64. The highest BCUT2D eigenvalue weighted by Gasteiger charge is 2.52. The van der Waals surface area contributed by atoms with Gasteiger partial charge in [-0.1, -0.05) is 6.07 Å². The number of carbonyl (C=O) groups excluding carboxylic acids is 1. The Balaban J connectivity index is 1.41. The molecule has 0 saturated carbocycles. The maximum absolute atomic E-state index is 13.4. The van der Waals surface area contributed by atoms with Crippen LogP contribution in [0.2, 0.25) is 0 Å². The number of nitrogens with one attached hydrogen (secondary N) is 2. The summed E-state index contributed by atoms with van der Waals surface area (Å²) < 4.78 is 34.2. The Morgan fingerprint density at radius 2 is 1.62 bits per heavy atom. The quantitative estimate of drug-likeness (QED) is 0.337. The van der Waals surface area contributed by atoms with Crippen LogP contribution in [0.5, 0.6) is 28.7 Å². The lowest BCUT2D eigenvalue weighted by molar-refractivity contribution is -0.141. The molecule has 1 aliphatic carbocycles. The summed E-state index contributed by atoms with van der Waals surface area (Å²) in [5.74, 6) is 1.76. The number of aromatic amines is 1. The smallest absolute Gasteiger partial charge is 0.310 e. The maximum Gasteiger partial charge on any atom is 0.310 e. The summed E-state index contributed by atoms with van der Waals surface area (Å²) in [6.07, 6.45) is 1.92. The Kier molecular flexibility index (Phi) is 5.47. The zero-order valence-electron chi connectivity index (χ0n) is 21.8. The number of hydrogen-bond donors (Lipinski definition) is 2. The highest BCUT2D eigenvalue weighted by atomic mass is 16.7. The van der Waals surface area contributed by atoms with Crippen molar-refractivity contribution in [3.63, 3.8) is 0 Å². The van der Waals surface area contributed by atoms with E-state index >= 15 is 0 Å². The van der Waals surface area contributed by atoms with Crippen molar-refractivity contribution < 1.29 is 33.2 Å². The fourth-order valence-corrected chi connectivity index (χ4v) is 6.35. The monoisotopic (exact) mass is 528 g/mol. The van der Waals surface area contributed by atoms with Crippen LogP contribution in [0.1, 0.15) is 28.7 Å². The summed E-state index contributed by atoms with van der Waals surface area (Å²) in [6, 6.07) is 15.9. The standard InChI is InChI=1S/C30H28N2O7/c1-34-24-8-16(9-25(35-2)29(24)36-3)26-18-11-22-23(39-14-38-22)12-19(18)28(20-13-37-30(33)27(20)26)32-17-5-4-15-6-7-31-21(15)10-17/h4-12,20,26-28,31-32H,13-14H2,1-3H3/t20-,26+,27-,28+/m0/s1. The van der Waals surface area contributed by atoms with Crippen molar-refractivity contribution in [1.82, 2.24) is 4.98 Å². The first-order chi connectivity index (χ1) is 19.1. The molecule has 2 aliphatic heterocycles. The van der Waals surface area contributed by atoms with E-state index in [2.05, 4.69) is 28.5 Å². The molecular formula is C30H28N2O7. The molecule has 4 atom stereocenters. The number of carbonyl (C=O) groups is 1. The predicted molar refractivity (Wildman–Crippen MR) is 143 cm³/mol. The molecule has 3 heterocycles. The lowest BCUT2D eigenvalue weighted by Crippen LogP contribution is -2.37. The van der Waals surface area contributed by atoms with Gasteiger partial charge in [0.1, 0.15) is 0 Å². The van der Waals surface area contributed by atoms with Crippen LogP contribution in [0, 0.1) is 11.8 Å². The SMILES string of the molecule is COc1cc([C@@H]2c3cc4c(cc3[C@@H](Nc3ccc5cc[nH]c5c3)[C@H]3COC(=O)[C@H]23)OCO4)cc(OC)c1OC. The first kappa shape index (κ1) is 23.6. The second-order valence-electron chi connectivity index (χ2n) is 9.99. The van der Waals surface area contributed by atoms with Crippen molar-refractivity contribution in [3.8, 4) is 28.7 Å². The summed E-state index contributed by atoms with van der Waals surface area (Å²) in [5.41, 5.74) is 4.84. The molecule has 200 valence electrons. The number of fused-ring (bicyclic) bond motifs is 4. The molecule has 9 nitrogen and oxygen atoms in total. The highest BCUT2D eigenvalue weighted by Crippen LogP contribution is 2.56. The molecule has 4 aromatic rings. The van der Waals surface area contributed by atoms with Gasteiger partial charge in [0.15, 0.2) is 23.0 Å². The lowest BCUT2D eigenvalue weighted by Gasteiger charge is -2.40. The van der Waals surface area contributed by atoms with E-state index in [0.717, 1.165) is 33.3 Å². The molecule has 1 saturated heterocycles. The van der Waals surface area contributed by atoms with Gasteiger partial charge in [-0.05, 0) is 64.5 Å². The van der Waals surface area contributed by atoms with Crippen LogP contribution >= 0.6 is 0 Å². The van der Waals surface area contributed by atoms with Gasteiger partial charge in [0.05, 0.1) is 39.9 Å². The van der Waals surface area contributed by atoms with Gasteiger partial charge in [-0.3, -0.25) is 4.79 Å². The number of methoxy groups -OCH3 is 3. The van der Waals surface area contributed by atoms with E-state index in [9.17, 15) is 4.79 Å². The van der Waals surface area contributed by atoms with Gasteiger partial charge < -0.3 is 38.7 Å². The van der Waals surface area contributed by atoms with E-state index in [4.69, 9.17) is 28.4 Å². The van der Waals surface area contributed by atoms with Crippen LogP contribution in [0.4, 0.5) is 5.69 Å². The molecule has 0 unspecified atom stereocenters. The third-order valence-corrected chi connectivity index (χ3v) is 8.11. The summed E-state index contributed by atoms with van der Waals surface area (Å²) in [7, 11) is 4.74. The topological polar surface area (TPSA) is 100 Å². The summed E-state index contributed by atoms with van der Waals surface area (Å²) in [4.78, 5) is 16.7. The Bertz CT molecular complexity index is 1570. The average molecular weight is 529 g/mol. The van der Waals surface area contributed by atoms with Crippen LogP contribution in [-0.2, 0) is 9.53 Å². The lowest BCUT2D eigenvalue weighted by atomic mass is 9.65. The molecule has 2 N–H and O–H groups in total. The number of hydrogen-bond acceptors (Lipinski definition) is 8. The molecule has 7 rings (SSSR count). The average Bonchev–Trinajstić information content (AvgIpc) is 3.71. The summed E-state index contributed by atoms with van der Waals surface area (Å²) in [5, 5.41) is 4.85. The van der Waals surface area contributed by atoms with Crippen molar-refractivity contribution in [2.45, 2.75) is 12.0 Å². The molecule has 0 radical (unpaired) electrons. The molecular weight excluding hydrogens is 500 g/mol. The maximum atomic E-state index is 13.4. The summed E-state index contributed by atoms with van der Waals surface area (Å²) >= 11 is 0. The van der Waals surface area contributed by atoms with Gasteiger partial charge in [-0.25, -0.2) is 0 Å². The van der Waals surface area contributed by atoms with E-state index in [-0.39, 0.29) is 30.6 Å². The number of aromatic nitrogens is 1. The highest BCUT2D eigenvalue weighted by molar-refractivity contribution is 5.83. The number of esters is 1. The van der Waals surface area contributed by atoms with Gasteiger partial charge in [0, 0.05) is 29.2 Å². The van der Waals surface area contributed by atoms with Crippen LogP contribution in [0.3, 0.4) is 0 Å². The molecule has 39 heavy (non-hydrogen) atoms. The van der Waals surface area contributed by atoms with Gasteiger partial charge in [0.25, 0.3) is 0 Å². The normalized spacial score (nSPS) is 22.7. The molecule has 9 heteroatoms. The van der Waals surface area contributed by atoms with Gasteiger partial charge >= 0.3 is 5.97 Å². The molecule has 3 aromatic carbocycles. The van der Waals surface area contributed by atoms with Crippen LogP contribution in [0.15, 0.2) is 54.7 Å². The largest absolute Gasteiger partial charge is 0.493 e. The van der Waals surface area contributed by atoms with E-state index in [1.807, 2.05) is 36.5 Å². The fourth-order valence-electron chi connectivity index (χ4n) is 6.35. The molecule has 0 amide bonds. The Labute approximate surface area is 224 Å². The number of cyclic esters (lactones) is 1. The minimum atomic E-state index is -0.438. The van der Waals surface area contributed by atoms with E-state index in [0.29, 0.717) is 35.4 Å². The van der Waals surface area contributed by atoms with Gasteiger partial charge in [-0.15, -0.1) is 0 Å². The first-order valence-electron chi connectivity index (χ1n) is 12.8. The van der Waals surface area contributed by atoms with Gasteiger partial charge in [-0.2, -0.15) is 0 Å². The first-order valence-corrected chi connectivity index (χ1v) is 12.8. The zero-order chi connectivity index (χ0) is 26.7. The fraction of sp³-hybridized carbons (Fsp3) is 0.300. The Hall–Kier alpha value is -4.53. The van der Waals surface area contributed by atoms with E-state index < -0.39 is 5.92 Å². The predicted octanol–water partition coefficient (Wildman–Crippen LogP) is 5.01. The number of rotatable bonds is 6. The molecule has 0 spiro atoms. The molecule has 0 bridgehead atoms. The Morgan fingerprint density at radius 3 is 2.33 bits per heavy atom. The van der Waals surface area contributed by atoms with Crippen molar-refractivity contribution in [2.75, 3.05) is 40.0 Å². The van der Waals surface area contributed by atoms with Crippen LogP contribution in [-0.4, -0.2) is 45.7 Å². The van der Waals surface area contributed by atoms with E-state index in [1.54, 1.807) is 21.3 Å². The van der Waals surface area contributed by atoms with Crippen LogP contribution in [0.25, 0.3) is 10.9 Å². The number of anilines is 1. The minimum Gasteiger partial charge on any atom is -0.493 e. The molecule has 1 fully saturated rings. The van der Waals surface area contributed by atoms with Gasteiger partial charge in [0.2, 0.25) is 12.5 Å². The number of H-pyrrole nitrogens is 1. The second kappa shape index (κ2) is 9.04. The van der Waals surface area contributed by atoms with Crippen LogP contribution < -0.4 is 29.0 Å².